The zero-order valence-electron chi connectivity index (χ0n) is 5.91. The maximum absolute atomic E-state index is 11.0. The van der Waals surface area contributed by atoms with Gasteiger partial charge in [0.2, 0.25) is 0 Å². The summed E-state index contributed by atoms with van der Waals surface area (Å²) in [6.07, 6.45) is 0. The highest BCUT2D eigenvalue weighted by molar-refractivity contribution is 14.1. The summed E-state index contributed by atoms with van der Waals surface area (Å²) in [6.45, 7) is 0. The van der Waals surface area contributed by atoms with Gasteiger partial charge in [-0.1, -0.05) is 6.07 Å². The number of carbonyl (C=O) groups is 1. The number of rotatable bonds is 1. The molecule has 1 rings (SSSR count). The number of hydrogen-bond donors (Lipinski definition) is 3. The first-order valence-corrected chi connectivity index (χ1v) is 4.16. The molecule has 0 aromatic heterocycles. The van der Waals surface area contributed by atoms with E-state index in [0.29, 0.717) is 0 Å². The maximum atomic E-state index is 11.0. The topological polar surface area (TPSA) is 69.6 Å². The lowest BCUT2D eigenvalue weighted by molar-refractivity contribution is 0.0986. The van der Waals surface area contributed by atoms with Crippen molar-refractivity contribution in [2.45, 2.75) is 0 Å². The Morgan fingerprint density at radius 3 is 2.67 bits per heavy atom. The summed E-state index contributed by atoms with van der Waals surface area (Å²) in [5.41, 5.74) is 0.0596. The van der Waals surface area contributed by atoms with Crippen molar-refractivity contribution in [3.8, 4) is 11.5 Å². The summed E-state index contributed by atoms with van der Waals surface area (Å²) in [4.78, 5) is 11.0. The predicted octanol–water partition coefficient (Wildman–Crippen LogP) is 1.18. The van der Waals surface area contributed by atoms with E-state index in [-0.39, 0.29) is 11.3 Å². The minimum absolute atomic E-state index is 0.0596. The Balaban J connectivity index is 3.16. The molecule has 0 radical (unpaired) electrons. The van der Waals surface area contributed by atoms with Gasteiger partial charge >= 0.3 is 0 Å². The maximum Gasteiger partial charge on any atom is 0.263 e. The summed E-state index contributed by atoms with van der Waals surface area (Å²) in [5.74, 6) is -1.14. The second kappa shape index (κ2) is 3.61. The monoisotopic (exact) mass is 279 g/mol. The second-order valence-electron chi connectivity index (χ2n) is 2.10. The number of nitrogens with one attached hydrogen (secondary N) is 1. The molecule has 0 heterocycles. The van der Waals surface area contributed by atoms with Crippen molar-refractivity contribution in [3.63, 3.8) is 0 Å². The van der Waals surface area contributed by atoms with E-state index in [9.17, 15) is 9.90 Å². The number of halogens is 1. The molecule has 1 aromatic carbocycles. The number of benzene rings is 1. The van der Waals surface area contributed by atoms with Gasteiger partial charge in [0.25, 0.3) is 5.91 Å². The SMILES string of the molecule is O=C(NI)c1cccc(O)c1O. The van der Waals surface area contributed by atoms with Crippen LogP contribution in [0.5, 0.6) is 11.5 Å². The van der Waals surface area contributed by atoms with Crippen LogP contribution in [-0.2, 0) is 0 Å². The fourth-order valence-corrected chi connectivity index (χ4v) is 1.06. The van der Waals surface area contributed by atoms with Crippen molar-refractivity contribution in [1.82, 2.24) is 3.53 Å². The molecule has 0 aliphatic rings. The van der Waals surface area contributed by atoms with Crippen LogP contribution in [-0.4, -0.2) is 16.1 Å². The summed E-state index contributed by atoms with van der Waals surface area (Å²) < 4.78 is 2.31. The van der Waals surface area contributed by atoms with E-state index in [2.05, 4.69) is 3.53 Å². The molecule has 1 aromatic rings. The average molecular weight is 279 g/mol. The van der Waals surface area contributed by atoms with Crippen molar-refractivity contribution < 1.29 is 15.0 Å². The van der Waals surface area contributed by atoms with Crippen LogP contribution in [0, 0.1) is 0 Å². The van der Waals surface area contributed by atoms with Gasteiger partial charge in [0, 0.05) is 0 Å². The number of phenolic OH excluding ortho intramolecular Hbond substituents is 2. The first-order valence-electron chi connectivity index (χ1n) is 3.08. The Morgan fingerprint density at radius 1 is 1.42 bits per heavy atom. The third-order valence-electron chi connectivity index (χ3n) is 1.35. The summed E-state index contributed by atoms with van der Waals surface area (Å²) in [6, 6.07) is 4.21. The highest BCUT2D eigenvalue weighted by Crippen LogP contribution is 2.27. The Hall–Kier alpha value is -0.980. The van der Waals surface area contributed by atoms with Crippen LogP contribution >= 0.6 is 22.9 Å². The number of amides is 1. The normalized spacial score (nSPS) is 9.42. The number of aromatic hydroxyl groups is 2. The molecule has 12 heavy (non-hydrogen) atoms. The van der Waals surface area contributed by atoms with E-state index in [0.717, 1.165) is 0 Å². The summed E-state index contributed by atoms with van der Waals surface area (Å²) >= 11 is 1.65. The molecule has 0 saturated carbocycles. The molecule has 1 amide bonds. The average Bonchev–Trinajstić information content (AvgIpc) is 2.08. The molecule has 0 saturated heterocycles. The Kier molecular flexibility index (Phi) is 2.74. The van der Waals surface area contributed by atoms with Gasteiger partial charge in [-0.3, -0.25) is 8.32 Å². The van der Waals surface area contributed by atoms with Gasteiger partial charge < -0.3 is 10.2 Å². The third-order valence-corrected chi connectivity index (χ3v) is 1.84. The first-order chi connectivity index (χ1) is 5.66. The fraction of sp³-hybridized carbons (Fsp3) is 0. The lowest BCUT2D eigenvalue weighted by Gasteiger charge is -2.02. The largest absolute Gasteiger partial charge is 0.504 e. The Morgan fingerprint density at radius 2 is 2.08 bits per heavy atom. The number of carbonyl (C=O) groups excluding carboxylic acids is 1. The van der Waals surface area contributed by atoms with E-state index in [1.165, 1.54) is 18.2 Å². The zero-order chi connectivity index (χ0) is 9.14. The number of para-hydroxylation sites is 1. The van der Waals surface area contributed by atoms with Crippen molar-refractivity contribution >= 4 is 28.8 Å². The quantitative estimate of drug-likeness (QED) is 0.410. The molecule has 0 atom stereocenters. The van der Waals surface area contributed by atoms with E-state index >= 15 is 0 Å². The van der Waals surface area contributed by atoms with Gasteiger partial charge in [0.1, 0.15) is 0 Å². The van der Waals surface area contributed by atoms with Crippen molar-refractivity contribution in [2.75, 3.05) is 0 Å². The number of hydrogen-bond acceptors (Lipinski definition) is 3. The fourth-order valence-electron chi connectivity index (χ4n) is 0.765. The third kappa shape index (κ3) is 1.60. The molecule has 5 heteroatoms. The van der Waals surface area contributed by atoms with Crippen molar-refractivity contribution in [3.05, 3.63) is 23.8 Å². The van der Waals surface area contributed by atoms with E-state index in [4.69, 9.17) is 5.11 Å². The smallest absolute Gasteiger partial charge is 0.263 e. The minimum atomic E-state index is -0.441. The van der Waals surface area contributed by atoms with Crippen LogP contribution in [0.4, 0.5) is 0 Å². The molecule has 4 nitrogen and oxygen atoms in total. The Labute approximate surface area is 82.7 Å². The highest BCUT2D eigenvalue weighted by atomic mass is 127. The molecule has 0 fully saturated rings. The summed E-state index contributed by atoms with van der Waals surface area (Å²) in [5, 5.41) is 18.2. The van der Waals surface area contributed by atoms with Gasteiger partial charge in [0.05, 0.1) is 28.4 Å². The second-order valence-corrected chi connectivity index (χ2v) is 2.64. The van der Waals surface area contributed by atoms with Crippen molar-refractivity contribution in [1.29, 1.82) is 0 Å². The molecular formula is C7H6INO3. The molecular weight excluding hydrogens is 273 g/mol. The van der Waals surface area contributed by atoms with Gasteiger partial charge in [-0.2, -0.15) is 0 Å². The molecule has 0 aliphatic heterocycles. The van der Waals surface area contributed by atoms with Crippen molar-refractivity contribution in [2.24, 2.45) is 0 Å². The van der Waals surface area contributed by atoms with Gasteiger partial charge in [0.15, 0.2) is 11.5 Å². The van der Waals surface area contributed by atoms with E-state index in [1.54, 1.807) is 22.9 Å². The van der Waals surface area contributed by atoms with Crippen LogP contribution in [0.25, 0.3) is 0 Å². The van der Waals surface area contributed by atoms with Gasteiger partial charge in [-0.25, -0.2) is 0 Å². The standard InChI is InChI=1S/C7H6INO3/c8-9-7(12)4-2-1-3-5(10)6(4)11/h1-3,10-11H,(H,9,12). The van der Waals surface area contributed by atoms with Gasteiger partial charge in [-0.15, -0.1) is 0 Å². The predicted molar refractivity (Wildman–Crippen MR) is 51.3 cm³/mol. The van der Waals surface area contributed by atoms with Crippen LogP contribution in [0.3, 0.4) is 0 Å². The minimum Gasteiger partial charge on any atom is -0.504 e. The summed E-state index contributed by atoms with van der Waals surface area (Å²) in [7, 11) is 0. The number of phenols is 2. The molecule has 0 bridgehead atoms. The molecule has 0 unspecified atom stereocenters. The molecule has 3 N–H and O–H groups in total. The van der Waals surface area contributed by atoms with Crippen LogP contribution in [0.2, 0.25) is 0 Å². The molecule has 0 aliphatic carbocycles. The van der Waals surface area contributed by atoms with E-state index < -0.39 is 11.7 Å². The zero-order valence-corrected chi connectivity index (χ0v) is 8.07. The molecule has 0 spiro atoms. The highest BCUT2D eigenvalue weighted by Gasteiger charge is 2.11. The van der Waals surface area contributed by atoms with Crippen LogP contribution in [0.15, 0.2) is 18.2 Å². The Bertz CT molecular complexity index is 314. The first kappa shape index (κ1) is 9.11. The van der Waals surface area contributed by atoms with Crippen LogP contribution in [0.1, 0.15) is 10.4 Å². The van der Waals surface area contributed by atoms with Crippen LogP contribution < -0.4 is 3.53 Å². The van der Waals surface area contributed by atoms with E-state index in [1.807, 2.05) is 0 Å². The lowest BCUT2D eigenvalue weighted by atomic mass is 10.2. The molecule has 64 valence electrons. The lowest BCUT2D eigenvalue weighted by Crippen LogP contribution is -2.11. The van der Waals surface area contributed by atoms with Gasteiger partial charge in [-0.05, 0) is 12.1 Å².